The topological polar surface area (TPSA) is 39.4 Å². The number of hydrogen-bond donors (Lipinski definition) is 0. The first-order chi connectivity index (χ1) is 8.13. The minimum Gasteiger partial charge on any atom is -0.489 e. The molecular formula is C14H14O3. The lowest BCUT2D eigenvalue weighted by Gasteiger charge is -2.11. The Kier molecular flexibility index (Phi) is 3.00. The van der Waals surface area contributed by atoms with Crippen LogP contribution in [-0.2, 0) is 0 Å². The maximum atomic E-state index is 11.2. The Bertz CT molecular complexity index is 623. The van der Waals surface area contributed by atoms with Crippen molar-refractivity contribution >= 4 is 11.0 Å². The molecule has 0 spiro atoms. The number of aryl methyl sites for hydroxylation is 1. The molecular weight excluding hydrogens is 216 g/mol. The summed E-state index contributed by atoms with van der Waals surface area (Å²) in [6, 6.07) is 4.96. The predicted octanol–water partition coefficient (Wildman–Crippen LogP) is 2.97. The molecule has 0 bridgehead atoms. The molecule has 0 aliphatic rings. The van der Waals surface area contributed by atoms with E-state index in [1.54, 1.807) is 18.2 Å². The summed E-state index contributed by atoms with van der Waals surface area (Å²) in [7, 11) is 0. The summed E-state index contributed by atoms with van der Waals surface area (Å²) in [5.74, 6) is 0.726. The Hall–Kier alpha value is -2.03. The fraction of sp³-hybridized carbons (Fsp3) is 0.214. The molecule has 0 unspecified atom stereocenters. The molecule has 0 saturated carbocycles. The summed E-state index contributed by atoms with van der Waals surface area (Å²) < 4.78 is 10.7. The Labute approximate surface area is 99.3 Å². The molecule has 1 aromatic carbocycles. The normalized spacial score (nSPS) is 10.5. The average molecular weight is 230 g/mol. The molecule has 0 fully saturated rings. The Morgan fingerprint density at radius 3 is 2.82 bits per heavy atom. The monoisotopic (exact) mass is 230 g/mol. The van der Waals surface area contributed by atoms with Crippen LogP contribution in [0.15, 0.2) is 40.1 Å². The van der Waals surface area contributed by atoms with E-state index < -0.39 is 0 Å². The zero-order valence-electron chi connectivity index (χ0n) is 9.95. The second-order valence-corrected chi connectivity index (χ2v) is 3.89. The van der Waals surface area contributed by atoms with Crippen LogP contribution in [0, 0.1) is 13.8 Å². The lowest BCUT2D eigenvalue weighted by atomic mass is 10.0. The summed E-state index contributed by atoms with van der Waals surface area (Å²) in [6.07, 6.45) is 1.68. The summed E-state index contributed by atoms with van der Waals surface area (Å²) in [6.45, 7) is 8.01. The molecule has 1 heterocycles. The summed E-state index contributed by atoms with van der Waals surface area (Å²) in [4.78, 5) is 11.2. The van der Waals surface area contributed by atoms with Gasteiger partial charge in [-0.25, -0.2) is 4.79 Å². The molecule has 1 aromatic heterocycles. The maximum Gasteiger partial charge on any atom is 0.336 e. The van der Waals surface area contributed by atoms with Gasteiger partial charge >= 0.3 is 5.63 Å². The van der Waals surface area contributed by atoms with Crippen LogP contribution in [0.25, 0.3) is 11.0 Å². The summed E-state index contributed by atoms with van der Waals surface area (Å²) in [5, 5.41) is 0.938. The molecule has 0 atom stereocenters. The van der Waals surface area contributed by atoms with Gasteiger partial charge in [0.15, 0.2) is 0 Å². The first kappa shape index (κ1) is 11.5. The Morgan fingerprint density at radius 1 is 1.35 bits per heavy atom. The van der Waals surface area contributed by atoms with Gasteiger partial charge in [0.25, 0.3) is 0 Å². The summed E-state index contributed by atoms with van der Waals surface area (Å²) >= 11 is 0. The molecule has 0 aliphatic carbocycles. The number of fused-ring (bicyclic) bond motifs is 1. The van der Waals surface area contributed by atoms with Crippen molar-refractivity contribution in [3.05, 3.63) is 52.4 Å². The molecule has 0 radical (unpaired) electrons. The van der Waals surface area contributed by atoms with Gasteiger partial charge in [0.05, 0.1) is 0 Å². The Morgan fingerprint density at radius 2 is 2.12 bits per heavy atom. The van der Waals surface area contributed by atoms with E-state index in [2.05, 4.69) is 6.58 Å². The smallest absolute Gasteiger partial charge is 0.336 e. The van der Waals surface area contributed by atoms with E-state index in [1.807, 2.05) is 13.8 Å². The minimum absolute atomic E-state index is 0.351. The largest absolute Gasteiger partial charge is 0.489 e. The van der Waals surface area contributed by atoms with Crippen molar-refractivity contribution in [2.45, 2.75) is 13.8 Å². The SMILES string of the molecule is C=CCOc1cc2oc(=O)ccc2c(C)c1C. The first-order valence-corrected chi connectivity index (χ1v) is 5.41. The standard InChI is InChI=1S/C14H14O3/c1-4-7-16-12-8-13-11(9(2)10(12)3)5-6-14(15)17-13/h4-6,8H,1,7H2,2-3H3. The van der Waals surface area contributed by atoms with Gasteiger partial charge in [-0.1, -0.05) is 12.7 Å². The highest BCUT2D eigenvalue weighted by Gasteiger charge is 2.09. The molecule has 0 amide bonds. The molecule has 3 heteroatoms. The van der Waals surface area contributed by atoms with Crippen LogP contribution in [0.1, 0.15) is 11.1 Å². The van der Waals surface area contributed by atoms with Gasteiger partial charge in [0.2, 0.25) is 0 Å². The van der Waals surface area contributed by atoms with E-state index in [-0.39, 0.29) is 5.63 Å². The third-order valence-electron chi connectivity index (χ3n) is 2.82. The lowest BCUT2D eigenvalue weighted by molar-refractivity contribution is 0.360. The molecule has 2 aromatic rings. The van der Waals surface area contributed by atoms with Crippen molar-refractivity contribution in [3.8, 4) is 5.75 Å². The third kappa shape index (κ3) is 2.09. The van der Waals surface area contributed by atoms with Gasteiger partial charge in [-0.3, -0.25) is 0 Å². The van der Waals surface area contributed by atoms with Gasteiger partial charge < -0.3 is 9.15 Å². The quantitative estimate of drug-likeness (QED) is 0.601. The van der Waals surface area contributed by atoms with Crippen molar-refractivity contribution in [2.24, 2.45) is 0 Å². The molecule has 2 rings (SSSR count). The first-order valence-electron chi connectivity index (χ1n) is 5.41. The Balaban J connectivity index is 2.66. The molecule has 0 aliphatic heterocycles. The number of benzene rings is 1. The maximum absolute atomic E-state index is 11.2. The highest BCUT2D eigenvalue weighted by molar-refractivity contribution is 5.83. The van der Waals surface area contributed by atoms with E-state index in [0.29, 0.717) is 12.2 Å². The van der Waals surface area contributed by atoms with E-state index >= 15 is 0 Å². The molecule has 17 heavy (non-hydrogen) atoms. The van der Waals surface area contributed by atoms with Crippen molar-refractivity contribution in [2.75, 3.05) is 6.61 Å². The van der Waals surface area contributed by atoms with Crippen LogP contribution < -0.4 is 10.4 Å². The number of hydrogen-bond acceptors (Lipinski definition) is 3. The van der Waals surface area contributed by atoms with Crippen LogP contribution in [0.3, 0.4) is 0 Å². The predicted molar refractivity (Wildman–Crippen MR) is 67.7 cm³/mol. The molecule has 88 valence electrons. The van der Waals surface area contributed by atoms with Crippen molar-refractivity contribution < 1.29 is 9.15 Å². The fourth-order valence-corrected chi connectivity index (χ4v) is 1.76. The van der Waals surface area contributed by atoms with Crippen molar-refractivity contribution in [1.82, 2.24) is 0 Å². The van der Waals surface area contributed by atoms with Gasteiger partial charge in [-0.05, 0) is 31.0 Å². The fourth-order valence-electron chi connectivity index (χ4n) is 1.76. The third-order valence-corrected chi connectivity index (χ3v) is 2.82. The van der Waals surface area contributed by atoms with Crippen molar-refractivity contribution in [1.29, 1.82) is 0 Å². The average Bonchev–Trinajstić information content (AvgIpc) is 2.31. The second-order valence-electron chi connectivity index (χ2n) is 3.89. The van der Waals surface area contributed by atoms with Crippen LogP contribution in [0.4, 0.5) is 0 Å². The molecule has 0 saturated heterocycles. The van der Waals surface area contributed by atoms with E-state index in [9.17, 15) is 4.79 Å². The van der Waals surface area contributed by atoms with Gasteiger partial charge in [0.1, 0.15) is 17.9 Å². The number of rotatable bonds is 3. The van der Waals surface area contributed by atoms with E-state index in [1.165, 1.54) is 6.07 Å². The minimum atomic E-state index is -0.351. The van der Waals surface area contributed by atoms with E-state index in [4.69, 9.17) is 9.15 Å². The highest BCUT2D eigenvalue weighted by atomic mass is 16.5. The number of ether oxygens (including phenoxy) is 1. The zero-order chi connectivity index (χ0) is 12.4. The zero-order valence-corrected chi connectivity index (χ0v) is 9.95. The lowest BCUT2D eigenvalue weighted by Crippen LogP contribution is -2.00. The second kappa shape index (κ2) is 4.45. The van der Waals surface area contributed by atoms with Crippen LogP contribution in [0.5, 0.6) is 5.75 Å². The highest BCUT2D eigenvalue weighted by Crippen LogP contribution is 2.29. The molecule has 0 N–H and O–H groups in total. The van der Waals surface area contributed by atoms with Crippen LogP contribution >= 0.6 is 0 Å². The van der Waals surface area contributed by atoms with Gasteiger partial charge in [0, 0.05) is 17.5 Å². The van der Waals surface area contributed by atoms with E-state index in [0.717, 1.165) is 22.3 Å². The van der Waals surface area contributed by atoms with Gasteiger partial charge in [-0.2, -0.15) is 0 Å². The van der Waals surface area contributed by atoms with Gasteiger partial charge in [-0.15, -0.1) is 0 Å². The van der Waals surface area contributed by atoms with Crippen molar-refractivity contribution in [3.63, 3.8) is 0 Å². The van der Waals surface area contributed by atoms with Crippen LogP contribution in [-0.4, -0.2) is 6.61 Å². The molecule has 3 nitrogen and oxygen atoms in total. The van der Waals surface area contributed by atoms with Crippen LogP contribution in [0.2, 0.25) is 0 Å². The summed E-state index contributed by atoms with van der Waals surface area (Å²) in [5.41, 5.74) is 2.31.